The van der Waals surface area contributed by atoms with E-state index < -0.39 is 10.0 Å². The van der Waals surface area contributed by atoms with Crippen molar-refractivity contribution < 1.29 is 17.6 Å². The molecule has 0 bridgehead atoms. The Balaban J connectivity index is 1.60. The molecule has 0 aromatic heterocycles. The number of hydrogen-bond acceptors (Lipinski definition) is 3. The molecule has 2 aromatic rings. The fraction of sp³-hybridized carbons (Fsp3) is 0.409. The van der Waals surface area contributed by atoms with Gasteiger partial charge in [-0.05, 0) is 66.6 Å². The smallest absolute Gasteiger partial charge is 0.251 e. The van der Waals surface area contributed by atoms with Gasteiger partial charge < -0.3 is 5.32 Å². The van der Waals surface area contributed by atoms with Gasteiger partial charge in [0.2, 0.25) is 10.0 Å². The number of benzene rings is 2. The van der Waals surface area contributed by atoms with Gasteiger partial charge >= 0.3 is 0 Å². The van der Waals surface area contributed by atoms with Gasteiger partial charge in [0.15, 0.2) is 0 Å². The molecule has 0 radical (unpaired) electrons. The van der Waals surface area contributed by atoms with E-state index in [0.717, 1.165) is 12.0 Å². The summed E-state index contributed by atoms with van der Waals surface area (Å²) in [7, 11) is -3.56. The maximum Gasteiger partial charge on any atom is 0.251 e. The van der Waals surface area contributed by atoms with Crippen LogP contribution in [-0.2, 0) is 16.4 Å². The molecule has 0 spiro atoms. The first-order valence-corrected chi connectivity index (χ1v) is 11.3. The lowest BCUT2D eigenvalue weighted by atomic mass is 9.94. The highest BCUT2D eigenvalue weighted by atomic mass is 32.2. The highest BCUT2D eigenvalue weighted by Gasteiger charge is 2.31. The molecule has 1 heterocycles. The van der Waals surface area contributed by atoms with E-state index in [-0.39, 0.29) is 16.6 Å². The van der Waals surface area contributed by atoms with Crippen molar-refractivity contribution in [2.75, 3.05) is 19.6 Å². The first-order chi connectivity index (χ1) is 13.8. The fourth-order valence-corrected chi connectivity index (χ4v) is 5.48. The standard InChI is InChI=1S/C22H27FN2O3S/c1-16-13-17(2)15-25(14-16)29(27,28)21-9-5-19(6-10-21)22(26)24-12-11-18-3-7-20(23)8-4-18/h3-10,16-17H,11-15H2,1-2H3,(H,24,26)/t16-,17-/m1/s1. The van der Waals surface area contributed by atoms with E-state index in [1.54, 1.807) is 16.4 Å². The second-order valence-corrected chi connectivity index (χ2v) is 9.86. The average Bonchev–Trinajstić information content (AvgIpc) is 2.69. The molecule has 1 N–H and O–H groups in total. The zero-order valence-corrected chi connectivity index (χ0v) is 17.6. The van der Waals surface area contributed by atoms with Crippen LogP contribution in [0.2, 0.25) is 0 Å². The number of carbonyl (C=O) groups is 1. The molecule has 29 heavy (non-hydrogen) atoms. The number of rotatable bonds is 6. The van der Waals surface area contributed by atoms with Gasteiger partial charge in [-0.2, -0.15) is 4.31 Å². The third-order valence-electron chi connectivity index (χ3n) is 5.20. The Labute approximate surface area is 172 Å². The maximum absolute atomic E-state index is 12.9. The largest absolute Gasteiger partial charge is 0.352 e. The quantitative estimate of drug-likeness (QED) is 0.781. The Bertz CT molecular complexity index is 933. The van der Waals surface area contributed by atoms with Gasteiger partial charge in [0, 0.05) is 25.2 Å². The number of nitrogens with one attached hydrogen (secondary N) is 1. The molecule has 0 aliphatic carbocycles. The van der Waals surface area contributed by atoms with Gasteiger partial charge in [0.25, 0.3) is 5.91 Å². The first-order valence-electron chi connectivity index (χ1n) is 9.88. The Morgan fingerprint density at radius 1 is 1.03 bits per heavy atom. The predicted octanol–water partition coefficient (Wildman–Crippen LogP) is 3.46. The predicted molar refractivity (Wildman–Crippen MR) is 111 cm³/mol. The zero-order chi connectivity index (χ0) is 21.0. The average molecular weight is 419 g/mol. The lowest BCUT2D eigenvalue weighted by molar-refractivity contribution is 0.0954. The molecular formula is C22H27FN2O3S. The Morgan fingerprint density at radius 2 is 1.62 bits per heavy atom. The van der Waals surface area contributed by atoms with Crippen LogP contribution in [0.15, 0.2) is 53.4 Å². The van der Waals surface area contributed by atoms with Crippen LogP contribution in [0.5, 0.6) is 0 Å². The van der Waals surface area contributed by atoms with Crippen molar-refractivity contribution in [3.05, 3.63) is 65.5 Å². The molecule has 1 fully saturated rings. The zero-order valence-electron chi connectivity index (χ0n) is 16.8. The first kappa shape index (κ1) is 21.5. The molecule has 1 amide bonds. The van der Waals surface area contributed by atoms with Crippen molar-refractivity contribution in [1.82, 2.24) is 9.62 Å². The van der Waals surface area contributed by atoms with Gasteiger partial charge in [-0.1, -0.05) is 26.0 Å². The number of sulfonamides is 1. The summed E-state index contributed by atoms with van der Waals surface area (Å²) in [5.74, 6) is 0.108. The van der Waals surface area contributed by atoms with Crippen LogP contribution in [-0.4, -0.2) is 38.3 Å². The topological polar surface area (TPSA) is 66.5 Å². The van der Waals surface area contributed by atoms with Crippen LogP contribution in [0.25, 0.3) is 0 Å². The number of amides is 1. The maximum atomic E-state index is 12.9. The van der Waals surface area contributed by atoms with Crippen molar-refractivity contribution in [3.8, 4) is 0 Å². The van der Waals surface area contributed by atoms with Crippen molar-refractivity contribution in [2.45, 2.75) is 31.6 Å². The van der Waals surface area contributed by atoms with E-state index in [0.29, 0.717) is 43.5 Å². The summed E-state index contributed by atoms with van der Waals surface area (Å²) in [4.78, 5) is 12.5. The molecule has 156 valence electrons. The molecule has 3 rings (SSSR count). The van der Waals surface area contributed by atoms with Crippen LogP contribution in [0.3, 0.4) is 0 Å². The summed E-state index contributed by atoms with van der Waals surface area (Å²) in [6, 6.07) is 12.2. The van der Waals surface area contributed by atoms with Gasteiger partial charge in [-0.25, -0.2) is 12.8 Å². The number of nitrogens with zero attached hydrogens (tertiary/aromatic N) is 1. The third-order valence-corrected chi connectivity index (χ3v) is 7.05. The number of carbonyl (C=O) groups excluding carboxylic acids is 1. The summed E-state index contributed by atoms with van der Waals surface area (Å²) in [5.41, 5.74) is 1.33. The molecule has 0 unspecified atom stereocenters. The number of piperidine rings is 1. The van der Waals surface area contributed by atoms with E-state index in [9.17, 15) is 17.6 Å². The fourth-order valence-electron chi connectivity index (χ4n) is 3.80. The Morgan fingerprint density at radius 3 is 2.21 bits per heavy atom. The highest BCUT2D eigenvalue weighted by Crippen LogP contribution is 2.26. The third kappa shape index (κ3) is 5.42. The van der Waals surface area contributed by atoms with E-state index >= 15 is 0 Å². The van der Waals surface area contributed by atoms with E-state index in [4.69, 9.17) is 0 Å². The SMILES string of the molecule is C[C@@H]1C[C@@H](C)CN(S(=O)(=O)c2ccc(C(=O)NCCc3ccc(F)cc3)cc2)C1. The molecule has 7 heteroatoms. The van der Waals surface area contributed by atoms with Crippen molar-refractivity contribution in [1.29, 1.82) is 0 Å². The molecule has 2 atom stereocenters. The molecule has 5 nitrogen and oxygen atoms in total. The van der Waals surface area contributed by atoms with Gasteiger partial charge in [-0.3, -0.25) is 4.79 Å². The lowest BCUT2D eigenvalue weighted by Crippen LogP contribution is -2.42. The summed E-state index contributed by atoms with van der Waals surface area (Å²) >= 11 is 0. The molecule has 1 saturated heterocycles. The Kier molecular flexibility index (Phi) is 6.70. The molecule has 1 aliphatic heterocycles. The number of halogens is 1. The van der Waals surface area contributed by atoms with E-state index in [1.165, 1.54) is 36.4 Å². The minimum Gasteiger partial charge on any atom is -0.352 e. The van der Waals surface area contributed by atoms with Crippen LogP contribution in [0.4, 0.5) is 4.39 Å². The minimum absolute atomic E-state index is 0.210. The highest BCUT2D eigenvalue weighted by molar-refractivity contribution is 7.89. The van der Waals surface area contributed by atoms with Gasteiger partial charge in [-0.15, -0.1) is 0 Å². The van der Waals surface area contributed by atoms with Gasteiger partial charge in [0.1, 0.15) is 5.82 Å². The van der Waals surface area contributed by atoms with Crippen molar-refractivity contribution in [2.24, 2.45) is 11.8 Å². The molecular weight excluding hydrogens is 391 g/mol. The summed E-state index contributed by atoms with van der Waals surface area (Å²) in [6.45, 7) is 5.60. The molecule has 1 aliphatic rings. The molecule has 2 aromatic carbocycles. The lowest BCUT2D eigenvalue weighted by Gasteiger charge is -2.34. The van der Waals surface area contributed by atoms with Crippen LogP contribution < -0.4 is 5.32 Å². The summed E-state index contributed by atoms with van der Waals surface area (Å²) < 4.78 is 40.3. The minimum atomic E-state index is -3.56. The van der Waals surface area contributed by atoms with Crippen molar-refractivity contribution in [3.63, 3.8) is 0 Å². The Hall–Kier alpha value is -2.25. The summed E-state index contributed by atoms with van der Waals surface area (Å²) in [6.07, 6.45) is 1.62. The van der Waals surface area contributed by atoms with E-state index in [1.807, 2.05) is 0 Å². The van der Waals surface area contributed by atoms with Gasteiger partial charge in [0.05, 0.1) is 4.90 Å². The monoisotopic (exact) mass is 418 g/mol. The van der Waals surface area contributed by atoms with Crippen molar-refractivity contribution >= 4 is 15.9 Å². The summed E-state index contributed by atoms with van der Waals surface area (Å²) in [5, 5.41) is 2.80. The van der Waals surface area contributed by atoms with Crippen LogP contribution in [0, 0.1) is 17.7 Å². The second kappa shape index (κ2) is 9.05. The van der Waals surface area contributed by atoms with E-state index in [2.05, 4.69) is 19.2 Å². The second-order valence-electron chi connectivity index (χ2n) is 7.92. The number of hydrogen-bond donors (Lipinski definition) is 1. The van der Waals surface area contributed by atoms with Crippen LogP contribution in [0.1, 0.15) is 36.2 Å². The normalized spacial score (nSPS) is 20.4. The molecule has 0 saturated carbocycles. The van der Waals surface area contributed by atoms with Crippen LogP contribution >= 0.6 is 0 Å².